The van der Waals surface area contributed by atoms with Crippen LogP contribution in [0.25, 0.3) is 0 Å². The van der Waals surface area contributed by atoms with Gasteiger partial charge in [-0.25, -0.2) is 0 Å². The number of hydrogen-bond acceptors (Lipinski definition) is 3. The van der Waals surface area contributed by atoms with Crippen molar-refractivity contribution in [3.8, 4) is 0 Å². The molecule has 0 aliphatic heterocycles. The van der Waals surface area contributed by atoms with E-state index < -0.39 is 0 Å². The summed E-state index contributed by atoms with van der Waals surface area (Å²) in [6, 6.07) is 4.88. The summed E-state index contributed by atoms with van der Waals surface area (Å²) in [4.78, 5) is 1.38. The molecule has 0 bridgehead atoms. The zero-order valence-electron chi connectivity index (χ0n) is 9.35. The smallest absolute Gasteiger partial charge is 0.0701 e. The van der Waals surface area contributed by atoms with Crippen molar-refractivity contribution in [1.82, 2.24) is 10.6 Å². The van der Waals surface area contributed by atoms with Gasteiger partial charge in [0.15, 0.2) is 0 Å². The van der Waals surface area contributed by atoms with E-state index in [9.17, 15) is 0 Å². The summed E-state index contributed by atoms with van der Waals surface area (Å²) >= 11 is 5.25. The first-order valence-electron chi connectivity index (χ1n) is 5.40. The van der Waals surface area contributed by atoms with E-state index in [1.165, 1.54) is 15.1 Å². The number of rotatable bonds is 7. The Morgan fingerprint density at radius 1 is 1.40 bits per heavy atom. The maximum Gasteiger partial charge on any atom is 0.0701 e. The van der Waals surface area contributed by atoms with E-state index in [1.54, 1.807) is 11.3 Å². The average Bonchev–Trinajstić information content (AvgIpc) is 2.63. The normalized spacial score (nSPS) is 13.0. The van der Waals surface area contributed by atoms with Gasteiger partial charge in [0.25, 0.3) is 0 Å². The standard InChI is InChI=1S/C11H19BrN2S/c1-3-9(2)14-7-6-13-8-10-4-5-11(12)15-10/h4-5,9,13-14H,3,6-8H2,1-2H3. The molecule has 86 valence electrons. The Kier molecular flexibility index (Phi) is 6.48. The maximum absolute atomic E-state index is 3.46. The molecule has 1 unspecified atom stereocenters. The number of hydrogen-bond donors (Lipinski definition) is 2. The molecule has 0 fully saturated rings. The van der Waals surface area contributed by atoms with Crippen molar-refractivity contribution in [2.45, 2.75) is 32.9 Å². The van der Waals surface area contributed by atoms with Crippen molar-refractivity contribution in [2.75, 3.05) is 13.1 Å². The van der Waals surface area contributed by atoms with Crippen LogP contribution in [-0.2, 0) is 6.54 Å². The summed E-state index contributed by atoms with van der Waals surface area (Å²) in [5.74, 6) is 0. The van der Waals surface area contributed by atoms with Gasteiger partial charge in [0.1, 0.15) is 0 Å². The van der Waals surface area contributed by atoms with Gasteiger partial charge in [0.2, 0.25) is 0 Å². The van der Waals surface area contributed by atoms with Crippen molar-refractivity contribution in [3.63, 3.8) is 0 Å². The molecule has 1 aromatic heterocycles. The molecule has 0 spiro atoms. The molecule has 0 radical (unpaired) electrons. The molecule has 1 atom stereocenters. The molecule has 0 saturated carbocycles. The average molecular weight is 291 g/mol. The maximum atomic E-state index is 3.46. The second-order valence-corrected chi connectivity index (χ2v) is 6.19. The lowest BCUT2D eigenvalue weighted by atomic mass is 10.2. The summed E-state index contributed by atoms with van der Waals surface area (Å²) in [7, 11) is 0. The summed E-state index contributed by atoms with van der Waals surface area (Å²) in [6.07, 6.45) is 1.19. The molecule has 1 rings (SSSR count). The molecule has 1 heterocycles. The van der Waals surface area contributed by atoms with Crippen LogP contribution in [0.2, 0.25) is 0 Å². The quantitative estimate of drug-likeness (QED) is 0.755. The van der Waals surface area contributed by atoms with E-state index >= 15 is 0 Å². The molecular formula is C11H19BrN2S. The second-order valence-electron chi connectivity index (χ2n) is 3.65. The van der Waals surface area contributed by atoms with Gasteiger partial charge in [-0.1, -0.05) is 6.92 Å². The highest BCUT2D eigenvalue weighted by atomic mass is 79.9. The van der Waals surface area contributed by atoms with E-state index in [4.69, 9.17) is 0 Å². The van der Waals surface area contributed by atoms with Crippen molar-refractivity contribution in [2.24, 2.45) is 0 Å². The predicted molar refractivity (Wildman–Crippen MR) is 71.5 cm³/mol. The van der Waals surface area contributed by atoms with Crippen molar-refractivity contribution >= 4 is 27.3 Å². The molecule has 0 amide bonds. The Bertz CT molecular complexity index is 275. The summed E-state index contributed by atoms with van der Waals surface area (Å²) in [5, 5.41) is 6.88. The van der Waals surface area contributed by atoms with Gasteiger partial charge >= 0.3 is 0 Å². The van der Waals surface area contributed by atoms with Crippen LogP contribution in [0.5, 0.6) is 0 Å². The highest BCUT2D eigenvalue weighted by Gasteiger charge is 1.98. The van der Waals surface area contributed by atoms with Crippen molar-refractivity contribution in [1.29, 1.82) is 0 Å². The first-order chi connectivity index (χ1) is 7.22. The number of thiophene rings is 1. The van der Waals surface area contributed by atoms with Crippen LogP contribution in [0, 0.1) is 0 Å². The van der Waals surface area contributed by atoms with Gasteiger partial charge in [-0.2, -0.15) is 0 Å². The van der Waals surface area contributed by atoms with Gasteiger partial charge in [-0.05, 0) is 41.4 Å². The minimum absolute atomic E-state index is 0.627. The molecular weight excluding hydrogens is 272 g/mol. The lowest BCUT2D eigenvalue weighted by Crippen LogP contribution is -2.32. The Hall–Kier alpha value is 0.1000. The minimum atomic E-state index is 0.627. The van der Waals surface area contributed by atoms with E-state index in [1.807, 2.05) is 0 Å². The third-order valence-electron chi connectivity index (χ3n) is 2.34. The minimum Gasteiger partial charge on any atom is -0.313 e. The topological polar surface area (TPSA) is 24.1 Å². The predicted octanol–water partition coefficient (Wildman–Crippen LogP) is 2.99. The summed E-state index contributed by atoms with van der Waals surface area (Å²) < 4.78 is 1.21. The molecule has 2 nitrogen and oxygen atoms in total. The third kappa shape index (κ3) is 5.66. The fourth-order valence-corrected chi connectivity index (χ4v) is 2.66. The molecule has 0 aliphatic carbocycles. The third-order valence-corrected chi connectivity index (χ3v) is 3.96. The molecule has 0 aromatic carbocycles. The summed E-state index contributed by atoms with van der Waals surface area (Å²) in [6.45, 7) is 7.46. The highest BCUT2D eigenvalue weighted by molar-refractivity contribution is 9.11. The SMILES string of the molecule is CCC(C)NCCNCc1ccc(Br)s1. The van der Waals surface area contributed by atoms with E-state index in [0.29, 0.717) is 6.04 Å². The fraction of sp³-hybridized carbons (Fsp3) is 0.636. The van der Waals surface area contributed by atoms with Gasteiger partial charge in [0.05, 0.1) is 3.79 Å². The molecule has 1 aromatic rings. The molecule has 4 heteroatoms. The van der Waals surface area contributed by atoms with Crippen molar-refractivity contribution < 1.29 is 0 Å². The first kappa shape index (κ1) is 13.2. The van der Waals surface area contributed by atoms with E-state index in [2.05, 4.69) is 52.5 Å². The monoisotopic (exact) mass is 290 g/mol. The van der Waals surface area contributed by atoms with Crippen LogP contribution in [0.15, 0.2) is 15.9 Å². The van der Waals surface area contributed by atoms with Gasteiger partial charge < -0.3 is 10.6 Å². The Morgan fingerprint density at radius 2 is 2.20 bits per heavy atom. The highest BCUT2D eigenvalue weighted by Crippen LogP contribution is 2.21. The second kappa shape index (κ2) is 7.39. The summed E-state index contributed by atoms with van der Waals surface area (Å²) in [5.41, 5.74) is 0. The molecule has 0 saturated heterocycles. The van der Waals surface area contributed by atoms with Crippen LogP contribution in [-0.4, -0.2) is 19.1 Å². The zero-order chi connectivity index (χ0) is 11.1. The molecule has 2 N–H and O–H groups in total. The van der Waals surface area contributed by atoms with Gasteiger partial charge in [-0.15, -0.1) is 11.3 Å². The van der Waals surface area contributed by atoms with Gasteiger partial charge in [0, 0.05) is 30.6 Å². The Balaban J connectivity index is 2.02. The Morgan fingerprint density at radius 3 is 2.80 bits per heavy atom. The lowest BCUT2D eigenvalue weighted by Gasteiger charge is -2.11. The molecule has 0 aliphatic rings. The number of nitrogens with one attached hydrogen (secondary N) is 2. The van der Waals surface area contributed by atoms with Crippen LogP contribution in [0.3, 0.4) is 0 Å². The van der Waals surface area contributed by atoms with Crippen LogP contribution >= 0.6 is 27.3 Å². The van der Waals surface area contributed by atoms with E-state index in [0.717, 1.165) is 19.6 Å². The van der Waals surface area contributed by atoms with Gasteiger partial charge in [-0.3, -0.25) is 0 Å². The number of halogens is 1. The van der Waals surface area contributed by atoms with Crippen molar-refractivity contribution in [3.05, 3.63) is 20.8 Å². The van der Waals surface area contributed by atoms with E-state index in [-0.39, 0.29) is 0 Å². The van der Waals surface area contributed by atoms with Crippen LogP contribution in [0.4, 0.5) is 0 Å². The largest absolute Gasteiger partial charge is 0.313 e. The lowest BCUT2D eigenvalue weighted by molar-refractivity contribution is 0.518. The zero-order valence-corrected chi connectivity index (χ0v) is 11.7. The Labute approximate surface area is 105 Å². The molecule has 15 heavy (non-hydrogen) atoms. The first-order valence-corrected chi connectivity index (χ1v) is 7.01. The van der Waals surface area contributed by atoms with Crippen LogP contribution in [0.1, 0.15) is 25.1 Å². The fourth-order valence-electron chi connectivity index (χ4n) is 1.21. The van der Waals surface area contributed by atoms with Crippen LogP contribution < -0.4 is 10.6 Å².